The summed E-state index contributed by atoms with van der Waals surface area (Å²) in [5, 5.41) is 1.27. The number of nitrogens with zero attached hydrogens (tertiary/aromatic N) is 2. The van der Waals surface area contributed by atoms with Crippen LogP contribution in [0.3, 0.4) is 0 Å². The van der Waals surface area contributed by atoms with Crippen molar-refractivity contribution in [2.24, 2.45) is 12.0 Å². The molecule has 100 valence electrons. The molecule has 0 saturated heterocycles. The maximum atomic E-state index is 4.60. The van der Waals surface area contributed by atoms with Gasteiger partial charge in [0.25, 0.3) is 0 Å². The van der Waals surface area contributed by atoms with Gasteiger partial charge in [0.15, 0.2) is 0 Å². The Bertz CT molecular complexity index is 752. The number of rotatable bonds is 3. The van der Waals surface area contributed by atoms with Gasteiger partial charge >= 0.3 is 0 Å². The summed E-state index contributed by atoms with van der Waals surface area (Å²) >= 11 is 0. The van der Waals surface area contributed by atoms with Crippen LogP contribution in [0.5, 0.6) is 0 Å². The SMILES string of the molecule is Cc1c(C=NCc2ccccc2)c2ccccc2n1C. The fraction of sp³-hybridized carbons (Fsp3) is 0.167. The number of hydrogen-bond donors (Lipinski definition) is 0. The van der Waals surface area contributed by atoms with E-state index in [1.54, 1.807) is 0 Å². The van der Waals surface area contributed by atoms with E-state index in [0.717, 1.165) is 6.54 Å². The molecule has 0 atom stereocenters. The molecular formula is C18H18N2. The zero-order chi connectivity index (χ0) is 13.9. The van der Waals surface area contributed by atoms with Crippen molar-refractivity contribution in [2.75, 3.05) is 0 Å². The molecule has 0 spiro atoms. The van der Waals surface area contributed by atoms with Gasteiger partial charge in [-0.05, 0) is 18.6 Å². The van der Waals surface area contributed by atoms with Crippen molar-refractivity contribution >= 4 is 17.1 Å². The van der Waals surface area contributed by atoms with Crippen molar-refractivity contribution in [1.82, 2.24) is 4.57 Å². The second kappa shape index (κ2) is 5.33. The molecule has 3 rings (SSSR count). The average Bonchev–Trinajstić information content (AvgIpc) is 2.74. The summed E-state index contributed by atoms with van der Waals surface area (Å²) in [7, 11) is 2.10. The second-order valence-electron chi connectivity index (χ2n) is 5.03. The first kappa shape index (κ1) is 12.7. The van der Waals surface area contributed by atoms with E-state index in [4.69, 9.17) is 0 Å². The average molecular weight is 262 g/mol. The highest BCUT2D eigenvalue weighted by atomic mass is 14.9. The Morgan fingerprint density at radius 3 is 2.50 bits per heavy atom. The van der Waals surface area contributed by atoms with Gasteiger partial charge in [-0.2, -0.15) is 0 Å². The van der Waals surface area contributed by atoms with Gasteiger partial charge in [-0.1, -0.05) is 48.5 Å². The van der Waals surface area contributed by atoms with E-state index in [9.17, 15) is 0 Å². The number of hydrogen-bond acceptors (Lipinski definition) is 1. The maximum Gasteiger partial charge on any atom is 0.0639 e. The van der Waals surface area contributed by atoms with Gasteiger partial charge in [-0.3, -0.25) is 4.99 Å². The van der Waals surface area contributed by atoms with Crippen molar-refractivity contribution in [2.45, 2.75) is 13.5 Å². The summed E-state index contributed by atoms with van der Waals surface area (Å²) in [4.78, 5) is 4.60. The third-order valence-electron chi connectivity index (χ3n) is 3.79. The van der Waals surface area contributed by atoms with Gasteiger partial charge in [-0.15, -0.1) is 0 Å². The summed E-state index contributed by atoms with van der Waals surface area (Å²) in [5.74, 6) is 0. The molecule has 0 unspecified atom stereocenters. The van der Waals surface area contributed by atoms with Crippen LogP contribution in [0.1, 0.15) is 16.8 Å². The lowest BCUT2D eigenvalue weighted by Gasteiger charge is -1.98. The van der Waals surface area contributed by atoms with E-state index >= 15 is 0 Å². The first-order valence-corrected chi connectivity index (χ1v) is 6.85. The van der Waals surface area contributed by atoms with Gasteiger partial charge in [0.1, 0.15) is 0 Å². The lowest BCUT2D eigenvalue weighted by molar-refractivity contribution is 0.916. The molecule has 0 aliphatic heterocycles. The molecular weight excluding hydrogens is 244 g/mol. The number of aromatic nitrogens is 1. The van der Waals surface area contributed by atoms with Gasteiger partial charge in [0.2, 0.25) is 0 Å². The zero-order valence-corrected chi connectivity index (χ0v) is 11.9. The molecule has 0 N–H and O–H groups in total. The van der Waals surface area contributed by atoms with Crippen molar-refractivity contribution in [3.8, 4) is 0 Å². The molecule has 0 saturated carbocycles. The minimum atomic E-state index is 0.726. The molecule has 2 heteroatoms. The summed E-state index contributed by atoms with van der Waals surface area (Å²) in [6.45, 7) is 2.87. The number of aryl methyl sites for hydroxylation is 1. The van der Waals surface area contributed by atoms with E-state index in [1.807, 2.05) is 24.4 Å². The molecule has 0 bridgehead atoms. The van der Waals surface area contributed by atoms with Gasteiger partial charge in [0, 0.05) is 35.4 Å². The van der Waals surface area contributed by atoms with Crippen molar-refractivity contribution in [3.05, 3.63) is 71.4 Å². The topological polar surface area (TPSA) is 17.3 Å². The molecule has 0 radical (unpaired) electrons. The Balaban J connectivity index is 1.93. The Morgan fingerprint density at radius 1 is 1.00 bits per heavy atom. The fourth-order valence-corrected chi connectivity index (χ4v) is 2.54. The molecule has 1 heterocycles. The highest BCUT2D eigenvalue weighted by Crippen LogP contribution is 2.23. The van der Waals surface area contributed by atoms with E-state index in [0.29, 0.717) is 0 Å². The zero-order valence-electron chi connectivity index (χ0n) is 11.9. The fourth-order valence-electron chi connectivity index (χ4n) is 2.54. The van der Waals surface area contributed by atoms with Crippen LogP contribution in [0.4, 0.5) is 0 Å². The predicted molar refractivity (Wildman–Crippen MR) is 85.4 cm³/mol. The van der Waals surface area contributed by atoms with Crippen LogP contribution in [-0.2, 0) is 13.6 Å². The maximum absolute atomic E-state index is 4.60. The summed E-state index contributed by atoms with van der Waals surface area (Å²) in [6, 6.07) is 18.8. The Kier molecular flexibility index (Phi) is 3.38. The van der Waals surface area contributed by atoms with Gasteiger partial charge in [-0.25, -0.2) is 0 Å². The largest absolute Gasteiger partial charge is 0.347 e. The smallest absolute Gasteiger partial charge is 0.0639 e. The monoisotopic (exact) mass is 262 g/mol. The van der Waals surface area contributed by atoms with Crippen LogP contribution in [0.25, 0.3) is 10.9 Å². The molecule has 0 fully saturated rings. The van der Waals surface area contributed by atoms with Gasteiger partial charge < -0.3 is 4.57 Å². The van der Waals surface area contributed by atoms with Crippen LogP contribution in [-0.4, -0.2) is 10.8 Å². The summed E-state index contributed by atoms with van der Waals surface area (Å²) in [5.41, 5.74) is 4.97. The van der Waals surface area contributed by atoms with Crippen molar-refractivity contribution in [3.63, 3.8) is 0 Å². The van der Waals surface area contributed by atoms with Crippen LogP contribution < -0.4 is 0 Å². The number of fused-ring (bicyclic) bond motifs is 1. The number of benzene rings is 2. The van der Waals surface area contributed by atoms with Gasteiger partial charge in [0.05, 0.1) is 6.54 Å². The Hall–Kier alpha value is -2.35. The van der Waals surface area contributed by atoms with Crippen LogP contribution >= 0.6 is 0 Å². The third-order valence-corrected chi connectivity index (χ3v) is 3.79. The standard InChI is InChI=1S/C18H18N2/c1-14-17(13-19-12-15-8-4-3-5-9-15)16-10-6-7-11-18(16)20(14)2/h3-11,13H,12H2,1-2H3. The Morgan fingerprint density at radius 2 is 1.70 bits per heavy atom. The first-order chi connectivity index (χ1) is 9.77. The molecule has 2 nitrogen and oxygen atoms in total. The highest BCUT2D eigenvalue weighted by Gasteiger charge is 2.08. The lowest BCUT2D eigenvalue weighted by atomic mass is 10.1. The van der Waals surface area contributed by atoms with E-state index in [2.05, 4.69) is 59.9 Å². The molecule has 1 aromatic heterocycles. The lowest BCUT2D eigenvalue weighted by Crippen LogP contribution is -1.92. The predicted octanol–water partition coefficient (Wildman–Crippen LogP) is 4.11. The molecule has 3 aromatic rings. The molecule has 0 aliphatic rings. The molecule has 0 amide bonds. The van der Waals surface area contributed by atoms with E-state index in [1.165, 1.54) is 27.7 Å². The normalized spacial score (nSPS) is 11.5. The van der Waals surface area contributed by atoms with E-state index < -0.39 is 0 Å². The van der Waals surface area contributed by atoms with Crippen LogP contribution in [0, 0.1) is 6.92 Å². The molecule has 20 heavy (non-hydrogen) atoms. The highest BCUT2D eigenvalue weighted by molar-refractivity contribution is 6.01. The van der Waals surface area contributed by atoms with Crippen molar-refractivity contribution in [1.29, 1.82) is 0 Å². The van der Waals surface area contributed by atoms with Crippen LogP contribution in [0.15, 0.2) is 59.6 Å². The minimum absolute atomic E-state index is 0.726. The minimum Gasteiger partial charge on any atom is -0.347 e. The third kappa shape index (κ3) is 2.25. The summed E-state index contributed by atoms with van der Waals surface area (Å²) < 4.78 is 2.22. The quantitative estimate of drug-likeness (QED) is 0.632. The molecule has 2 aromatic carbocycles. The number of aliphatic imine (C=N–C) groups is 1. The second-order valence-corrected chi connectivity index (χ2v) is 5.03. The number of para-hydroxylation sites is 1. The van der Waals surface area contributed by atoms with Crippen molar-refractivity contribution < 1.29 is 0 Å². The van der Waals surface area contributed by atoms with Crippen LogP contribution in [0.2, 0.25) is 0 Å². The first-order valence-electron chi connectivity index (χ1n) is 6.85. The summed E-state index contributed by atoms with van der Waals surface area (Å²) in [6.07, 6.45) is 2.00. The van der Waals surface area contributed by atoms with E-state index in [-0.39, 0.29) is 0 Å². The molecule has 0 aliphatic carbocycles. The Labute approximate surface area is 119 Å².